The van der Waals surface area contributed by atoms with Crippen LogP contribution >= 0.6 is 0 Å². The molecule has 168 valence electrons. The van der Waals surface area contributed by atoms with Gasteiger partial charge in [-0.25, -0.2) is 0 Å². The van der Waals surface area contributed by atoms with E-state index in [2.05, 4.69) is 0 Å². The number of aliphatic hydroxyl groups excluding tert-OH is 1. The van der Waals surface area contributed by atoms with Crippen LogP contribution in [0.5, 0.6) is 17.2 Å². The van der Waals surface area contributed by atoms with E-state index in [1.165, 1.54) is 4.90 Å². The second kappa shape index (κ2) is 8.05. The lowest BCUT2D eigenvalue weighted by atomic mass is 9.99. The number of aliphatic hydroxyl groups is 1. The van der Waals surface area contributed by atoms with Gasteiger partial charge >= 0.3 is 0 Å². The van der Waals surface area contributed by atoms with Crippen LogP contribution in [-0.2, 0) is 9.59 Å². The van der Waals surface area contributed by atoms with Crippen molar-refractivity contribution < 1.29 is 33.3 Å². The highest BCUT2D eigenvalue weighted by molar-refractivity contribution is 6.51. The fourth-order valence-electron chi connectivity index (χ4n) is 4.06. The number of ether oxygens (including phenoxy) is 3. The van der Waals surface area contributed by atoms with Gasteiger partial charge in [0.25, 0.3) is 11.7 Å². The number of furan rings is 1. The first-order valence-corrected chi connectivity index (χ1v) is 10.5. The molecular formula is C25H21NO7. The van der Waals surface area contributed by atoms with Crippen molar-refractivity contribution in [2.45, 2.75) is 19.9 Å². The summed E-state index contributed by atoms with van der Waals surface area (Å²) in [7, 11) is 0. The Kier molecular flexibility index (Phi) is 5.05. The zero-order valence-corrected chi connectivity index (χ0v) is 18.0. The Hall–Kier alpha value is -4.20. The molecule has 2 aliphatic heterocycles. The summed E-state index contributed by atoms with van der Waals surface area (Å²) in [6, 6.07) is 14.2. The van der Waals surface area contributed by atoms with E-state index in [0.717, 1.165) is 0 Å². The standard InChI is InChI=1S/C25H21NO7/c1-3-30-17-6-4-5-15(11-17)23(27)21-22(19-9-7-14(2)33-19)26(25(29)24(21)28)16-8-10-18-20(12-16)32-13-31-18/h4-12,22,27H,3,13H2,1-2H3/b23-21-. The molecule has 1 unspecified atom stereocenters. The first-order chi connectivity index (χ1) is 16.0. The van der Waals surface area contributed by atoms with Crippen LogP contribution in [0, 0.1) is 6.92 Å². The lowest BCUT2D eigenvalue weighted by Gasteiger charge is -2.23. The van der Waals surface area contributed by atoms with E-state index in [-0.39, 0.29) is 18.1 Å². The first-order valence-electron chi connectivity index (χ1n) is 10.5. The highest BCUT2D eigenvalue weighted by Gasteiger charge is 2.48. The van der Waals surface area contributed by atoms with Gasteiger partial charge in [-0.2, -0.15) is 0 Å². The van der Waals surface area contributed by atoms with Crippen LogP contribution in [0.25, 0.3) is 5.76 Å². The van der Waals surface area contributed by atoms with Crippen molar-refractivity contribution in [3.05, 3.63) is 77.3 Å². The minimum absolute atomic E-state index is 0.0688. The molecule has 2 aliphatic rings. The smallest absolute Gasteiger partial charge is 0.300 e. The number of benzene rings is 2. The third-order valence-corrected chi connectivity index (χ3v) is 5.53. The van der Waals surface area contributed by atoms with Crippen LogP contribution in [0.1, 0.15) is 30.0 Å². The topological polar surface area (TPSA) is 98.4 Å². The summed E-state index contributed by atoms with van der Waals surface area (Å²) >= 11 is 0. The molecule has 1 saturated heterocycles. The molecule has 33 heavy (non-hydrogen) atoms. The van der Waals surface area contributed by atoms with E-state index in [4.69, 9.17) is 18.6 Å². The molecule has 0 aliphatic carbocycles. The number of amides is 1. The molecule has 0 radical (unpaired) electrons. The lowest BCUT2D eigenvalue weighted by molar-refractivity contribution is -0.132. The van der Waals surface area contributed by atoms with Crippen molar-refractivity contribution in [1.82, 2.24) is 0 Å². The third kappa shape index (κ3) is 3.49. The van der Waals surface area contributed by atoms with Crippen molar-refractivity contribution in [1.29, 1.82) is 0 Å². The maximum absolute atomic E-state index is 13.2. The van der Waals surface area contributed by atoms with Gasteiger partial charge < -0.3 is 23.7 Å². The number of Topliss-reactive ketones (excluding diaryl/α,β-unsaturated/α-hetero) is 1. The number of nitrogens with zero attached hydrogens (tertiary/aromatic N) is 1. The Balaban J connectivity index is 1.67. The van der Waals surface area contributed by atoms with Gasteiger partial charge in [0.15, 0.2) is 11.5 Å². The molecule has 1 aromatic heterocycles. The molecule has 0 saturated carbocycles. The predicted molar refractivity (Wildman–Crippen MR) is 118 cm³/mol. The highest BCUT2D eigenvalue weighted by Crippen LogP contribution is 2.45. The summed E-state index contributed by atoms with van der Waals surface area (Å²) < 4.78 is 22.1. The maximum atomic E-state index is 13.2. The molecule has 1 amide bonds. The van der Waals surface area contributed by atoms with Crippen molar-refractivity contribution in [2.75, 3.05) is 18.3 Å². The molecule has 2 aromatic carbocycles. The van der Waals surface area contributed by atoms with Crippen molar-refractivity contribution in [3.8, 4) is 17.2 Å². The fraction of sp³-hybridized carbons (Fsp3) is 0.200. The lowest BCUT2D eigenvalue weighted by Crippen LogP contribution is -2.29. The van der Waals surface area contributed by atoms with Crippen LogP contribution in [0.3, 0.4) is 0 Å². The highest BCUT2D eigenvalue weighted by atomic mass is 16.7. The number of anilines is 1. The number of fused-ring (bicyclic) bond motifs is 1. The molecule has 1 atom stereocenters. The third-order valence-electron chi connectivity index (χ3n) is 5.53. The summed E-state index contributed by atoms with van der Waals surface area (Å²) in [6.07, 6.45) is 0. The van der Waals surface area contributed by atoms with Crippen LogP contribution in [0.15, 0.2) is 64.6 Å². The molecule has 3 aromatic rings. The van der Waals surface area contributed by atoms with Crippen LogP contribution in [0.4, 0.5) is 5.69 Å². The SMILES string of the molecule is CCOc1cccc(/C(O)=C2/C(=O)C(=O)N(c3ccc4c(c3)OCO4)C2c2ccc(C)o2)c1. The largest absolute Gasteiger partial charge is 0.507 e. The number of rotatable bonds is 5. The Morgan fingerprint density at radius 3 is 2.67 bits per heavy atom. The Bertz CT molecular complexity index is 1290. The number of hydrogen-bond donors (Lipinski definition) is 1. The van der Waals surface area contributed by atoms with Gasteiger partial charge in [0.05, 0.1) is 12.2 Å². The maximum Gasteiger partial charge on any atom is 0.300 e. The minimum Gasteiger partial charge on any atom is -0.507 e. The van der Waals surface area contributed by atoms with Gasteiger partial charge in [0.2, 0.25) is 6.79 Å². The van der Waals surface area contributed by atoms with Gasteiger partial charge in [-0.1, -0.05) is 12.1 Å². The second-order valence-electron chi connectivity index (χ2n) is 7.62. The molecule has 0 bridgehead atoms. The Morgan fingerprint density at radius 1 is 1.09 bits per heavy atom. The van der Waals surface area contributed by atoms with Gasteiger partial charge in [-0.3, -0.25) is 14.5 Å². The minimum atomic E-state index is -0.963. The van der Waals surface area contributed by atoms with Crippen LogP contribution < -0.4 is 19.1 Å². The van der Waals surface area contributed by atoms with E-state index >= 15 is 0 Å². The van der Waals surface area contributed by atoms with Crippen LogP contribution in [-0.4, -0.2) is 30.2 Å². The molecule has 1 fully saturated rings. The molecule has 8 nitrogen and oxygen atoms in total. The summed E-state index contributed by atoms with van der Waals surface area (Å²) in [5.41, 5.74) is 0.709. The van der Waals surface area contributed by atoms with Crippen molar-refractivity contribution in [2.24, 2.45) is 0 Å². The van der Waals surface area contributed by atoms with Gasteiger partial charge in [0.1, 0.15) is 29.1 Å². The van der Waals surface area contributed by atoms with E-state index in [1.54, 1.807) is 61.5 Å². The zero-order chi connectivity index (χ0) is 23.1. The molecule has 0 spiro atoms. The van der Waals surface area contributed by atoms with Crippen molar-refractivity contribution in [3.63, 3.8) is 0 Å². The summed E-state index contributed by atoms with van der Waals surface area (Å²) in [5, 5.41) is 11.2. The molecule has 5 rings (SSSR count). The quantitative estimate of drug-likeness (QED) is 0.353. The fourth-order valence-corrected chi connectivity index (χ4v) is 4.06. The number of hydrogen-bond acceptors (Lipinski definition) is 7. The Morgan fingerprint density at radius 2 is 1.91 bits per heavy atom. The average molecular weight is 447 g/mol. The van der Waals surface area contributed by atoms with Crippen molar-refractivity contribution >= 4 is 23.1 Å². The normalized spacial score (nSPS) is 18.7. The van der Waals surface area contributed by atoms with Gasteiger partial charge in [-0.05, 0) is 50.2 Å². The van der Waals surface area contributed by atoms with Gasteiger partial charge in [-0.15, -0.1) is 0 Å². The summed E-state index contributed by atoms with van der Waals surface area (Å²) in [5.74, 6) is 0.615. The second-order valence-corrected chi connectivity index (χ2v) is 7.62. The van der Waals surface area contributed by atoms with E-state index in [0.29, 0.717) is 46.6 Å². The molecular weight excluding hydrogens is 426 g/mol. The number of carbonyl (C=O) groups excluding carboxylic acids is 2. The monoisotopic (exact) mass is 447 g/mol. The van der Waals surface area contributed by atoms with Crippen LogP contribution in [0.2, 0.25) is 0 Å². The molecule has 8 heteroatoms. The van der Waals surface area contributed by atoms with E-state index in [9.17, 15) is 14.7 Å². The van der Waals surface area contributed by atoms with E-state index in [1.807, 2.05) is 6.92 Å². The number of aryl methyl sites for hydroxylation is 1. The predicted octanol–water partition coefficient (Wildman–Crippen LogP) is 4.34. The molecule has 1 N–H and O–H groups in total. The summed E-state index contributed by atoms with van der Waals surface area (Å²) in [6.45, 7) is 4.14. The van der Waals surface area contributed by atoms with E-state index < -0.39 is 17.7 Å². The zero-order valence-electron chi connectivity index (χ0n) is 18.0. The number of ketones is 1. The first kappa shape index (κ1) is 20.7. The summed E-state index contributed by atoms with van der Waals surface area (Å²) in [4.78, 5) is 27.7. The molecule has 3 heterocycles. The van der Waals surface area contributed by atoms with Gasteiger partial charge in [0, 0.05) is 17.3 Å². The Labute approximate surface area is 189 Å². The average Bonchev–Trinajstić information content (AvgIpc) is 3.52. The number of carbonyl (C=O) groups is 2.